The lowest BCUT2D eigenvalue weighted by atomic mass is 9.88. The van der Waals surface area contributed by atoms with Crippen LogP contribution >= 0.6 is 0 Å². The highest BCUT2D eigenvalue weighted by Crippen LogP contribution is 2.37. The number of rotatable bonds is 6. The van der Waals surface area contributed by atoms with Gasteiger partial charge in [-0.05, 0) is 49.9 Å². The van der Waals surface area contributed by atoms with E-state index in [-0.39, 0.29) is 23.4 Å². The maximum absolute atomic E-state index is 13.7. The average molecular weight is 492 g/mol. The van der Waals surface area contributed by atoms with Crippen molar-refractivity contribution in [2.45, 2.75) is 37.8 Å². The summed E-state index contributed by atoms with van der Waals surface area (Å²) >= 11 is 0. The zero-order chi connectivity index (χ0) is 25.4. The van der Waals surface area contributed by atoms with Gasteiger partial charge in [0, 0.05) is 50.8 Å². The van der Waals surface area contributed by atoms with Crippen LogP contribution in [0.25, 0.3) is 15.9 Å². The molecule has 3 aromatic rings. The fraction of sp³-hybridized carbons (Fsp3) is 0.444. The van der Waals surface area contributed by atoms with E-state index < -0.39 is 5.82 Å². The van der Waals surface area contributed by atoms with Crippen LogP contribution in [0.1, 0.15) is 25.7 Å². The van der Waals surface area contributed by atoms with Crippen LogP contribution in [0.4, 0.5) is 21.6 Å². The second kappa shape index (κ2) is 9.78. The normalized spacial score (nSPS) is 20.1. The van der Waals surface area contributed by atoms with Crippen molar-refractivity contribution in [2.75, 3.05) is 36.6 Å². The first-order valence-electron chi connectivity index (χ1n) is 12.3. The number of anilines is 2. The SMILES string of the molecule is [C-]#[N+]c1ccc2c(n1)c(N(C)C1CCC(N(CC3COC3)c3ccc(F)cc3O)CC1)cc(=O)n2C. The van der Waals surface area contributed by atoms with Crippen molar-refractivity contribution in [3.05, 3.63) is 64.0 Å². The number of phenolic OH excluding ortho intramolecular Hbond substituents is 1. The first-order valence-corrected chi connectivity index (χ1v) is 12.3. The van der Waals surface area contributed by atoms with Gasteiger partial charge in [-0.25, -0.2) is 4.39 Å². The number of phenols is 1. The molecule has 8 nitrogen and oxygen atoms in total. The monoisotopic (exact) mass is 491 g/mol. The summed E-state index contributed by atoms with van der Waals surface area (Å²) < 4.78 is 20.6. The molecular formula is C27H30FN5O3. The molecule has 36 heavy (non-hydrogen) atoms. The van der Waals surface area contributed by atoms with E-state index in [1.807, 2.05) is 7.05 Å². The molecule has 0 bridgehead atoms. The lowest BCUT2D eigenvalue weighted by Crippen LogP contribution is -2.48. The van der Waals surface area contributed by atoms with E-state index in [1.54, 1.807) is 35.9 Å². The Bertz CT molecular complexity index is 1370. The van der Waals surface area contributed by atoms with Gasteiger partial charge in [0.15, 0.2) is 0 Å². The zero-order valence-electron chi connectivity index (χ0n) is 20.5. The Morgan fingerprint density at radius 2 is 1.86 bits per heavy atom. The third-order valence-electron chi connectivity index (χ3n) is 7.61. The molecule has 1 aromatic carbocycles. The number of halogens is 1. The minimum Gasteiger partial charge on any atom is -0.506 e. The van der Waals surface area contributed by atoms with Gasteiger partial charge in [0.25, 0.3) is 11.4 Å². The van der Waals surface area contributed by atoms with E-state index in [1.165, 1.54) is 12.1 Å². The molecule has 0 radical (unpaired) electrons. The highest BCUT2D eigenvalue weighted by molar-refractivity contribution is 5.89. The number of hydrogen-bond acceptors (Lipinski definition) is 6. The summed E-state index contributed by atoms with van der Waals surface area (Å²) in [5.41, 5.74) is 2.63. The van der Waals surface area contributed by atoms with Gasteiger partial charge in [-0.2, -0.15) is 0 Å². The summed E-state index contributed by atoms with van der Waals surface area (Å²) in [5, 5.41) is 10.5. The summed E-state index contributed by atoms with van der Waals surface area (Å²) in [7, 11) is 3.70. The van der Waals surface area contributed by atoms with Crippen LogP contribution in [-0.2, 0) is 11.8 Å². The fourth-order valence-electron chi connectivity index (χ4n) is 5.44. The molecule has 1 aliphatic heterocycles. The van der Waals surface area contributed by atoms with Crippen molar-refractivity contribution in [2.24, 2.45) is 13.0 Å². The van der Waals surface area contributed by atoms with Crippen molar-refractivity contribution in [1.29, 1.82) is 0 Å². The first-order chi connectivity index (χ1) is 17.4. The second-order valence-corrected chi connectivity index (χ2v) is 9.84. The Morgan fingerprint density at radius 3 is 2.50 bits per heavy atom. The number of aromatic hydroxyl groups is 1. The van der Waals surface area contributed by atoms with Crippen LogP contribution < -0.4 is 15.4 Å². The lowest BCUT2D eigenvalue weighted by Gasteiger charge is -2.43. The summed E-state index contributed by atoms with van der Waals surface area (Å²) in [6.07, 6.45) is 3.56. The summed E-state index contributed by atoms with van der Waals surface area (Å²) in [6.45, 7) is 9.50. The molecule has 2 aromatic heterocycles. The number of pyridine rings is 2. The predicted molar refractivity (Wildman–Crippen MR) is 137 cm³/mol. The molecule has 0 spiro atoms. The summed E-state index contributed by atoms with van der Waals surface area (Å²) in [5.74, 6) is 0.200. The quantitative estimate of drug-likeness (QED) is 0.520. The largest absolute Gasteiger partial charge is 0.506 e. The predicted octanol–water partition coefficient (Wildman–Crippen LogP) is 4.23. The molecule has 188 valence electrons. The van der Waals surface area contributed by atoms with Gasteiger partial charge < -0.3 is 29.1 Å². The van der Waals surface area contributed by atoms with E-state index >= 15 is 0 Å². The van der Waals surface area contributed by atoms with Crippen molar-refractivity contribution in [3.8, 4) is 5.75 Å². The molecule has 1 saturated carbocycles. The van der Waals surface area contributed by atoms with Gasteiger partial charge in [-0.3, -0.25) is 4.79 Å². The fourth-order valence-corrected chi connectivity index (χ4v) is 5.44. The van der Waals surface area contributed by atoms with Gasteiger partial charge >= 0.3 is 0 Å². The van der Waals surface area contributed by atoms with E-state index in [9.17, 15) is 14.3 Å². The Labute approximate surface area is 209 Å². The molecule has 5 rings (SSSR count). The maximum Gasteiger partial charge on any atom is 0.270 e. The van der Waals surface area contributed by atoms with Crippen LogP contribution in [-0.4, -0.2) is 53.5 Å². The Balaban J connectivity index is 1.38. The number of aryl methyl sites for hydroxylation is 1. The number of benzene rings is 1. The van der Waals surface area contributed by atoms with Crippen molar-refractivity contribution < 1.29 is 14.2 Å². The molecule has 0 atom stereocenters. The van der Waals surface area contributed by atoms with Crippen molar-refractivity contribution >= 4 is 28.2 Å². The Hall–Kier alpha value is -3.64. The van der Waals surface area contributed by atoms with Gasteiger partial charge in [-0.1, -0.05) is 6.57 Å². The molecular weight excluding hydrogens is 461 g/mol. The standard InChI is InChI=1S/C27H30FN5O3/c1-29-25-11-10-22-27(30-25)23(13-26(35)32(22)3)31(2)19-5-7-20(8-6-19)33(14-17-15-36-16-17)21-9-4-18(28)12-24(21)34/h4,9-13,17,19-20,34H,5-8,14-16H2,2-3H3. The number of nitrogens with zero attached hydrogens (tertiary/aromatic N) is 5. The maximum atomic E-state index is 13.7. The van der Waals surface area contributed by atoms with E-state index in [4.69, 9.17) is 11.3 Å². The molecule has 3 heterocycles. The highest BCUT2D eigenvalue weighted by atomic mass is 19.1. The van der Waals surface area contributed by atoms with Crippen LogP contribution in [0.15, 0.2) is 41.2 Å². The Kier molecular flexibility index (Phi) is 6.54. The van der Waals surface area contributed by atoms with E-state index in [0.717, 1.165) is 37.9 Å². The van der Waals surface area contributed by atoms with Gasteiger partial charge in [0.2, 0.25) is 5.52 Å². The zero-order valence-corrected chi connectivity index (χ0v) is 20.5. The highest BCUT2D eigenvalue weighted by Gasteiger charge is 2.33. The van der Waals surface area contributed by atoms with Crippen molar-refractivity contribution in [3.63, 3.8) is 0 Å². The van der Waals surface area contributed by atoms with E-state index in [2.05, 4.69) is 19.6 Å². The molecule has 1 aliphatic carbocycles. The molecule has 2 aliphatic rings. The second-order valence-electron chi connectivity index (χ2n) is 9.84. The minimum atomic E-state index is -0.454. The van der Waals surface area contributed by atoms with Crippen LogP contribution in [0.3, 0.4) is 0 Å². The average Bonchev–Trinajstić information content (AvgIpc) is 2.86. The molecule has 1 N–H and O–H groups in total. The summed E-state index contributed by atoms with van der Waals surface area (Å²) in [4.78, 5) is 25.0. The molecule has 1 saturated heterocycles. The first kappa shape index (κ1) is 24.1. The topological polar surface area (TPSA) is 75.2 Å². The number of hydrogen-bond donors (Lipinski definition) is 1. The minimum absolute atomic E-state index is 0.0391. The number of fused-ring (bicyclic) bond motifs is 1. The van der Waals surface area contributed by atoms with Gasteiger partial charge in [0.1, 0.15) is 11.6 Å². The van der Waals surface area contributed by atoms with Crippen LogP contribution in [0.5, 0.6) is 5.75 Å². The van der Waals surface area contributed by atoms with Gasteiger partial charge in [-0.15, -0.1) is 4.98 Å². The van der Waals surface area contributed by atoms with Crippen LogP contribution in [0.2, 0.25) is 0 Å². The third-order valence-corrected chi connectivity index (χ3v) is 7.61. The third kappa shape index (κ3) is 4.49. The van der Waals surface area contributed by atoms with E-state index in [0.29, 0.717) is 41.7 Å². The molecule has 0 amide bonds. The number of ether oxygens (including phenoxy) is 1. The van der Waals surface area contributed by atoms with Crippen molar-refractivity contribution in [1.82, 2.24) is 9.55 Å². The lowest BCUT2D eigenvalue weighted by molar-refractivity contribution is -0.0286. The number of aromatic nitrogens is 2. The smallest absolute Gasteiger partial charge is 0.270 e. The summed E-state index contributed by atoms with van der Waals surface area (Å²) in [6, 6.07) is 9.65. The molecule has 2 fully saturated rings. The molecule has 0 unspecified atom stereocenters. The Morgan fingerprint density at radius 1 is 1.14 bits per heavy atom. The molecule has 9 heteroatoms. The van der Waals surface area contributed by atoms with Crippen LogP contribution in [0, 0.1) is 18.3 Å². The van der Waals surface area contributed by atoms with Gasteiger partial charge in [0.05, 0.1) is 30.1 Å².